The second kappa shape index (κ2) is 10.5. The summed E-state index contributed by atoms with van der Waals surface area (Å²) >= 11 is 0. The van der Waals surface area contributed by atoms with Crippen molar-refractivity contribution < 1.29 is 23.1 Å². The second-order valence-corrected chi connectivity index (χ2v) is 10.4. The van der Waals surface area contributed by atoms with E-state index >= 15 is 0 Å². The SMILES string of the molecule is COc1ccc(S(=O)(=O)c2ccccc2CN[C@@H](C(=O)O)C2CCC(N(C)C)CC2)cc1. The van der Waals surface area contributed by atoms with Crippen molar-refractivity contribution in [1.29, 1.82) is 0 Å². The normalized spacial score (nSPS) is 20.1. The van der Waals surface area contributed by atoms with Crippen LogP contribution in [0.25, 0.3) is 0 Å². The van der Waals surface area contributed by atoms with E-state index in [4.69, 9.17) is 4.74 Å². The van der Waals surface area contributed by atoms with Gasteiger partial charge in [0, 0.05) is 12.6 Å². The van der Waals surface area contributed by atoms with Gasteiger partial charge in [-0.05, 0) is 81.6 Å². The van der Waals surface area contributed by atoms with Crippen LogP contribution in [0.1, 0.15) is 31.2 Å². The van der Waals surface area contributed by atoms with Crippen LogP contribution in [0.15, 0.2) is 58.3 Å². The minimum absolute atomic E-state index is 0.0223. The lowest BCUT2D eigenvalue weighted by atomic mass is 9.81. The Morgan fingerprint density at radius 2 is 1.72 bits per heavy atom. The molecule has 0 bridgehead atoms. The molecule has 2 aromatic carbocycles. The molecule has 1 saturated carbocycles. The first kappa shape index (κ1) is 24.2. The van der Waals surface area contributed by atoms with Crippen molar-refractivity contribution in [1.82, 2.24) is 10.2 Å². The van der Waals surface area contributed by atoms with Crippen LogP contribution in [0.3, 0.4) is 0 Å². The standard InChI is InChI=1S/C24H32N2O5S/c1-26(2)19-10-8-17(9-11-19)23(24(27)28)25-16-18-6-4-5-7-22(18)32(29,30)21-14-12-20(31-3)13-15-21/h4-7,12-15,17,19,23,25H,8-11,16H2,1-3H3,(H,27,28)/t17?,19?,23-/m1/s1. The van der Waals surface area contributed by atoms with Gasteiger partial charge in [0.2, 0.25) is 9.84 Å². The highest BCUT2D eigenvalue weighted by molar-refractivity contribution is 7.91. The number of rotatable bonds is 9. The van der Waals surface area contributed by atoms with E-state index in [1.807, 2.05) is 0 Å². The Labute approximate surface area is 190 Å². The minimum atomic E-state index is -3.75. The zero-order valence-corrected chi connectivity index (χ0v) is 19.6. The van der Waals surface area contributed by atoms with E-state index < -0.39 is 21.8 Å². The smallest absolute Gasteiger partial charge is 0.320 e. The van der Waals surface area contributed by atoms with Crippen LogP contribution in [0, 0.1) is 5.92 Å². The molecule has 1 atom stereocenters. The number of hydrogen-bond acceptors (Lipinski definition) is 6. The summed E-state index contributed by atoms with van der Waals surface area (Å²) in [6, 6.07) is 12.8. The second-order valence-electron chi connectivity index (χ2n) is 8.52. The van der Waals surface area contributed by atoms with Gasteiger partial charge in [0.05, 0.1) is 16.9 Å². The van der Waals surface area contributed by atoms with Gasteiger partial charge in [0.1, 0.15) is 11.8 Å². The van der Waals surface area contributed by atoms with Crippen molar-refractivity contribution in [2.45, 2.75) is 54.1 Å². The van der Waals surface area contributed by atoms with Crippen LogP contribution in [0.4, 0.5) is 0 Å². The highest BCUT2D eigenvalue weighted by Gasteiger charge is 2.32. The number of ether oxygens (including phenoxy) is 1. The minimum Gasteiger partial charge on any atom is -0.497 e. The Morgan fingerprint density at radius 1 is 1.09 bits per heavy atom. The molecule has 1 aliphatic carbocycles. The quantitative estimate of drug-likeness (QED) is 0.593. The van der Waals surface area contributed by atoms with E-state index in [0.29, 0.717) is 17.4 Å². The van der Waals surface area contributed by atoms with Crippen LogP contribution in [0.5, 0.6) is 5.75 Å². The van der Waals surface area contributed by atoms with Gasteiger partial charge in [-0.25, -0.2) is 8.42 Å². The number of hydrogen-bond donors (Lipinski definition) is 2. The molecule has 1 fully saturated rings. The first-order valence-corrected chi connectivity index (χ1v) is 12.3. The zero-order chi connectivity index (χ0) is 23.3. The van der Waals surface area contributed by atoms with Gasteiger partial charge in [0.15, 0.2) is 0 Å². The van der Waals surface area contributed by atoms with Crippen LogP contribution in [-0.4, -0.2) is 57.7 Å². The first-order chi connectivity index (χ1) is 15.2. The number of aliphatic carboxylic acids is 1. The van der Waals surface area contributed by atoms with Gasteiger partial charge in [-0.2, -0.15) is 0 Å². The van der Waals surface area contributed by atoms with Crippen LogP contribution in [-0.2, 0) is 21.2 Å². The van der Waals surface area contributed by atoms with Crippen molar-refractivity contribution in [3.8, 4) is 5.75 Å². The van der Waals surface area contributed by atoms with Crippen molar-refractivity contribution in [3.05, 3.63) is 54.1 Å². The maximum Gasteiger partial charge on any atom is 0.320 e. The van der Waals surface area contributed by atoms with Crippen LogP contribution < -0.4 is 10.1 Å². The van der Waals surface area contributed by atoms with E-state index in [1.165, 1.54) is 19.2 Å². The van der Waals surface area contributed by atoms with Gasteiger partial charge < -0.3 is 20.1 Å². The molecule has 0 aromatic heterocycles. The number of carboxylic acids is 1. The van der Waals surface area contributed by atoms with Crippen LogP contribution in [0.2, 0.25) is 0 Å². The summed E-state index contributed by atoms with van der Waals surface area (Å²) in [6.45, 7) is 0.163. The Kier molecular flexibility index (Phi) is 7.92. The highest BCUT2D eigenvalue weighted by atomic mass is 32.2. The third-order valence-corrected chi connectivity index (χ3v) is 8.22. The van der Waals surface area contributed by atoms with E-state index in [-0.39, 0.29) is 22.3 Å². The molecule has 2 aromatic rings. The molecule has 0 aliphatic heterocycles. The van der Waals surface area contributed by atoms with Gasteiger partial charge in [-0.15, -0.1) is 0 Å². The van der Waals surface area contributed by atoms with Gasteiger partial charge in [-0.1, -0.05) is 18.2 Å². The Bertz CT molecular complexity index is 1010. The summed E-state index contributed by atoms with van der Waals surface area (Å²) in [7, 11) is 1.88. The third-order valence-electron chi connectivity index (χ3n) is 6.35. The Morgan fingerprint density at radius 3 is 2.28 bits per heavy atom. The molecule has 32 heavy (non-hydrogen) atoms. The number of methoxy groups -OCH3 is 1. The number of sulfone groups is 1. The molecule has 3 rings (SSSR count). The Hall–Kier alpha value is -2.42. The maximum atomic E-state index is 13.2. The third kappa shape index (κ3) is 5.49. The lowest BCUT2D eigenvalue weighted by Gasteiger charge is -2.35. The summed E-state index contributed by atoms with van der Waals surface area (Å²) in [6.07, 6.45) is 3.59. The molecule has 0 spiro atoms. The number of benzene rings is 2. The topological polar surface area (TPSA) is 95.9 Å². The highest BCUT2D eigenvalue weighted by Crippen LogP contribution is 2.30. The number of carbonyl (C=O) groups is 1. The van der Waals surface area contributed by atoms with Crippen molar-refractivity contribution in [2.24, 2.45) is 5.92 Å². The van der Waals surface area contributed by atoms with Crippen molar-refractivity contribution >= 4 is 15.8 Å². The molecule has 8 heteroatoms. The lowest BCUT2D eigenvalue weighted by molar-refractivity contribution is -0.141. The largest absolute Gasteiger partial charge is 0.497 e. The van der Waals surface area contributed by atoms with E-state index in [9.17, 15) is 18.3 Å². The maximum absolute atomic E-state index is 13.2. The van der Waals surface area contributed by atoms with E-state index in [1.54, 1.807) is 36.4 Å². The molecule has 2 N–H and O–H groups in total. The lowest BCUT2D eigenvalue weighted by Crippen LogP contribution is -2.45. The van der Waals surface area contributed by atoms with Crippen molar-refractivity contribution in [2.75, 3.05) is 21.2 Å². The van der Waals surface area contributed by atoms with Crippen molar-refractivity contribution in [3.63, 3.8) is 0 Å². The molecule has 7 nitrogen and oxygen atoms in total. The fourth-order valence-electron chi connectivity index (χ4n) is 4.42. The molecule has 0 radical (unpaired) electrons. The predicted octanol–water partition coefficient (Wildman–Crippen LogP) is 3.19. The van der Waals surface area contributed by atoms with Crippen LogP contribution >= 0.6 is 0 Å². The molecular weight excluding hydrogens is 428 g/mol. The molecule has 174 valence electrons. The van der Waals surface area contributed by atoms with E-state index in [2.05, 4.69) is 24.3 Å². The summed E-state index contributed by atoms with van der Waals surface area (Å²) in [5, 5.41) is 13.0. The number of nitrogens with one attached hydrogen (secondary N) is 1. The zero-order valence-electron chi connectivity index (χ0n) is 18.8. The fourth-order valence-corrected chi connectivity index (χ4v) is 5.91. The molecule has 1 aliphatic rings. The van der Waals surface area contributed by atoms with Gasteiger partial charge in [-0.3, -0.25) is 4.79 Å². The number of nitrogens with zero attached hydrogens (tertiary/aromatic N) is 1. The summed E-state index contributed by atoms with van der Waals surface area (Å²) in [4.78, 5) is 14.5. The summed E-state index contributed by atoms with van der Waals surface area (Å²) in [5.41, 5.74) is 0.552. The molecular formula is C24H32N2O5S. The van der Waals surface area contributed by atoms with Gasteiger partial charge >= 0.3 is 5.97 Å². The predicted molar refractivity (Wildman–Crippen MR) is 123 cm³/mol. The summed E-state index contributed by atoms with van der Waals surface area (Å²) < 4.78 is 31.6. The fraction of sp³-hybridized carbons (Fsp3) is 0.458. The Balaban J connectivity index is 1.77. The molecule has 0 unspecified atom stereocenters. The average molecular weight is 461 g/mol. The number of carboxylic acid groups (broad SMARTS) is 1. The average Bonchev–Trinajstić information content (AvgIpc) is 2.79. The molecule has 0 amide bonds. The van der Waals surface area contributed by atoms with E-state index in [0.717, 1.165) is 25.7 Å². The first-order valence-electron chi connectivity index (χ1n) is 10.8. The molecule has 0 heterocycles. The monoisotopic (exact) mass is 460 g/mol. The summed E-state index contributed by atoms with van der Waals surface area (Å²) in [5.74, 6) is -0.296. The van der Waals surface area contributed by atoms with Gasteiger partial charge in [0.25, 0.3) is 0 Å². The molecule has 0 saturated heterocycles.